The van der Waals surface area contributed by atoms with E-state index in [1.54, 1.807) is 24.3 Å². The van der Waals surface area contributed by atoms with Gasteiger partial charge < -0.3 is 9.84 Å². The number of carbonyl (C=O) groups is 1. The quantitative estimate of drug-likeness (QED) is 0.723. The molecule has 6 nitrogen and oxygen atoms in total. The fraction of sp³-hybridized carbons (Fsp3) is 0.368. The van der Waals surface area contributed by atoms with Crippen LogP contribution in [-0.2, 0) is 6.42 Å². The molecule has 1 aromatic carbocycles. The second-order valence-corrected chi connectivity index (χ2v) is 7.25. The van der Waals surface area contributed by atoms with Gasteiger partial charge in [0.25, 0.3) is 5.91 Å². The van der Waals surface area contributed by atoms with Crippen molar-refractivity contribution in [2.45, 2.75) is 40.2 Å². The van der Waals surface area contributed by atoms with Crippen LogP contribution in [0, 0.1) is 12.8 Å². The van der Waals surface area contributed by atoms with Gasteiger partial charge >= 0.3 is 0 Å². The van der Waals surface area contributed by atoms with Crippen LogP contribution in [0.15, 0.2) is 28.8 Å². The minimum Gasteiger partial charge on any atom is -0.340 e. The third kappa shape index (κ3) is 4.02. The standard InChI is InChI=1S/C19H21ClN4O2/c1-10(2)7-17-23-19(26-24-17)12(4)22-18(25)15-8-11(3)21-16-9-13(20)5-6-14(15)16/h5-6,8-10,12H,7H2,1-4H3,(H,22,25)/t12-/m0/s1. The number of aromatic nitrogens is 3. The first-order valence-corrected chi connectivity index (χ1v) is 8.91. The van der Waals surface area contributed by atoms with Crippen LogP contribution in [0.2, 0.25) is 5.02 Å². The number of hydrogen-bond acceptors (Lipinski definition) is 5. The predicted molar refractivity (Wildman–Crippen MR) is 100 cm³/mol. The highest BCUT2D eigenvalue weighted by Gasteiger charge is 2.20. The molecule has 0 aliphatic rings. The van der Waals surface area contributed by atoms with Crippen molar-refractivity contribution in [1.82, 2.24) is 20.4 Å². The van der Waals surface area contributed by atoms with Gasteiger partial charge in [-0.3, -0.25) is 9.78 Å². The number of nitrogens with zero attached hydrogens (tertiary/aromatic N) is 3. The Labute approximate surface area is 157 Å². The molecule has 7 heteroatoms. The number of amides is 1. The Morgan fingerprint density at radius 2 is 2.00 bits per heavy atom. The molecule has 1 N–H and O–H groups in total. The minimum atomic E-state index is -0.397. The normalized spacial score (nSPS) is 12.5. The highest BCUT2D eigenvalue weighted by Crippen LogP contribution is 2.23. The maximum atomic E-state index is 12.8. The maximum Gasteiger partial charge on any atom is 0.252 e. The summed E-state index contributed by atoms with van der Waals surface area (Å²) in [6.07, 6.45) is 0.735. The number of pyridine rings is 1. The summed E-state index contributed by atoms with van der Waals surface area (Å²) in [4.78, 5) is 21.6. The van der Waals surface area contributed by atoms with Gasteiger partial charge in [0.15, 0.2) is 5.82 Å². The van der Waals surface area contributed by atoms with Crippen molar-refractivity contribution < 1.29 is 9.32 Å². The Hall–Kier alpha value is -2.47. The summed E-state index contributed by atoms with van der Waals surface area (Å²) in [6.45, 7) is 7.84. The molecule has 0 bridgehead atoms. The van der Waals surface area contributed by atoms with Gasteiger partial charge in [-0.2, -0.15) is 4.98 Å². The topological polar surface area (TPSA) is 80.9 Å². The number of benzene rings is 1. The summed E-state index contributed by atoms with van der Waals surface area (Å²) in [5, 5.41) is 8.21. The number of halogens is 1. The van der Waals surface area contributed by atoms with Crippen molar-refractivity contribution in [3.8, 4) is 0 Å². The molecule has 3 rings (SSSR count). The van der Waals surface area contributed by atoms with Crippen LogP contribution in [0.4, 0.5) is 0 Å². The summed E-state index contributed by atoms with van der Waals surface area (Å²) >= 11 is 6.04. The van der Waals surface area contributed by atoms with E-state index in [1.165, 1.54) is 0 Å². The molecule has 26 heavy (non-hydrogen) atoms. The van der Waals surface area contributed by atoms with Crippen LogP contribution >= 0.6 is 11.6 Å². The van der Waals surface area contributed by atoms with Gasteiger partial charge in [0.1, 0.15) is 6.04 Å². The van der Waals surface area contributed by atoms with Crippen molar-refractivity contribution in [2.24, 2.45) is 5.92 Å². The van der Waals surface area contributed by atoms with E-state index >= 15 is 0 Å². The summed E-state index contributed by atoms with van der Waals surface area (Å²) < 4.78 is 5.29. The van der Waals surface area contributed by atoms with E-state index in [4.69, 9.17) is 16.1 Å². The number of fused-ring (bicyclic) bond motifs is 1. The Bertz CT molecular complexity index is 947. The third-order valence-electron chi connectivity index (χ3n) is 3.94. The average Bonchev–Trinajstić information content (AvgIpc) is 3.01. The number of carbonyl (C=O) groups excluding carboxylic acids is 1. The molecule has 0 radical (unpaired) electrons. The van der Waals surface area contributed by atoms with E-state index < -0.39 is 6.04 Å². The van der Waals surface area contributed by atoms with Crippen LogP contribution in [0.5, 0.6) is 0 Å². The lowest BCUT2D eigenvalue weighted by atomic mass is 10.1. The van der Waals surface area contributed by atoms with Crippen molar-refractivity contribution in [2.75, 3.05) is 0 Å². The molecule has 0 saturated carbocycles. The highest BCUT2D eigenvalue weighted by molar-refractivity contribution is 6.31. The largest absolute Gasteiger partial charge is 0.340 e. The molecule has 136 valence electrons. The average molecular weight is 373 g/mol. The molecular formula is C19H21ClN4O2. The zero-order valence-electron chi connectivity index (χ0n) is 15.2. The predicted octanol–water partition coefficient (Wildman–Crippen LogP) is 4.27. The van der Waals surface area contributed by atoms with Crippen molar-refractivity contribution >= 4 is 28.4 Å². The van der Waals surface area contributed by atoms with Crippen LogP contribution in [0.25, 0.3) is 10.9 Å². The van der Waals surface area contributed by atoms with Crippen LogP contribution < -0.4 is 5.32 Å². The van der Waals surface area contributed by atoms with E-state index in [0.717, 1.165) is 17.5 Å². The Morgan fingerprint density at radius 1 is 1.23 bits per heavy atom. The van der Waals surface area contributed by atoms with Crippen LogP contribution in [0.3, 0.4) is 0 Å². The summed E-state index contributed by atoms with van der Waals surface area (Å²) in [7, 11) is 0. The van der Waals surface area contributed by atoms with Crippen LogP contribution in [0.1, 0.15) is 54.6 Å². The molecule has 3 aromatic rings. The molecule has 0 saturated heterocycles. The summed E-state index contributed by atoms with van der Waals surface area (Å²) in [6, 6.07) is 6.66. The molecule has 1 atom stereocenters. The second kappa shape index (κ2) is 7.41. The molecular weight excluding hydrogens is 352 g/mol. The number of aryl methyl sites for hydroxylation is 1. The lowest BCUT2D eigenvalue weighted by molar-refractivity contribution is 0.0934. The zero-order chi connectivity index (χ0) is 18.8. The SMILES string of the molecule is Cc1cc(C(=O)N[C@@H](C)c2nc(CC(C)C)no2)c2ccc(Cl)cc2n1. The van der Waals surface area contributed by atoms with Crippen LogP contribution in [-0.4, -0.2) is 21.0 Å². The molecule has 2 aromatic heterocycles. The molecule has 0 unspecified atom stereocenters. The van der Waals surface area contributed by atoms with E-state index in [0.29, 0.717) is 33.7 Å². The molecule has 0 aliphatic carbocycles. The lowest BCUT2D eigenvalue weighted by Gasteiger charge is -2.12. The van der Waals surface area contributed by atoms with Crippen molar-refractivity contribution in [3.05, 3.63) is 52.3 Å². The van der Waals surface area contributed by atoms with Gasteiger partial charge in [0.05, 0.1) is 11.1 Å². The Morgan fingerprint density at radius 3 is 2.73 bits per heavy atom. The first-order chi connectivity index (χ1) is 12.3. The number of nitrogens with one attached hydrogen (secondary N) is 1. The second-order valence-electron chi connectivity index (χ2n) is 6.81. The Balaban J connectivity index is 1.83. The van der Waals surface area contributed by atoms with Gasteiger partial charge in [-0.15, -0.1) is 0 Å². The first-order valence-electron chi connectivity index (χ1n) is 8.53. The Kier molecular flexibility index (Phi) is 5.23. The number of hydrogen-bond donors (Lipinski definition) is 1. The summed E-state index contributed by atoms with van der Waals surface area (Å²) in [5.41, 5.74) is 1.97. The lowest BCUT2D eigenvalue weighted by Crippen LogP contribution is -2.27. The van der Waals surface area contributed by atoms with E-state index in [-0.39, 0.29) is 5.91 Å². The first kappa shape index (κ1) is 18.3. The van der Waals surface area contributed by atoms with Crippen molar-refractivity contribution in [1.29, 1.82) is 0 Å². The molecule has 0 aliphatic heterocycles. The monoisotopic (exact) mass is 372 g/mol. The molecule has 0 fully saturated rings. The fourth-order valence-electron chi connectivity index (χ4n) is 2.75. The molecule has 2 heterocycles. The van der Waals surface area contributed by atoms with Gasteiger partial charge in [-0.1, -0.05) is 36.7 Å². The van der Waals surface area contributed by atoms with E-state index in [1.807, 2.05) is 13.8 Å². The van der Waals surface area contributed by atoms with Gasteiger partial charge in [-0.25, -0.2) is 0 Å². The van der Waals surface area contributed by atoms with E-state index in [9.17, 15) is 4.79 Å². The van der Waals surface area contributed by atoms with Gasteiger partial charge in [0, 0.05) is 22.5 Å². The van der Waals surface area contributed by atoms with Gasteiger partial charge in [0.2, 0.25) is 5.89 Å². The van der Waals surface area contributed by atoms with E-state index in [2.05, 4.69) is 34.3 Å². The molecule has 0 spiro atoms. The van der Waals surface area contributed by atoms with Gasteiger partial charge in [-0.05, 0) is 38.0 Å². The fourth-order valence-corrected chi connectivity index (χ4v) is 2.92. The third-order valence-corrected chi connectivity index (χ3v) is 4.17. The smallest absolute Gasteiger partial charge is 0.252 e. The highest BCUT2D eigenvalue weighted by atomic mass is 35.5. The number of rotatable bonds is 5. The maximum absolute atomic E-state index is 12.8. The zero-order valence-corrected chi connectivity index (χ0v) is 16.0. The minimum absolute atomic E-state index is 0.223. The van der Waals surface area contributed by atoms with Crippen molar-refractivity contribution in [3.63, 3.8) is 0 Å². The summed E-state index contributed by atoms with van der Waals surface area (Å²) in [5.74, 6) is 1.25. The molecule has 1 amide bonds.